The molecule has 2 aromatic rings. The minimum absolute atomic E-state index is 0.0626. The second-order valence-corrected chi connectivity index (χ2v) is 9.41. The summed E-state index contributed by atoms with van der Waals surface area (Å²) in [5, 5.41) is 2.52. The number of carbonyl (C=O) groups excluding carboxylic acids is 1. The Labute approximate surface area is 161 Å². The third-order valence-electron chi connectivity index (χ3n) is 3.59. The lowest BCUT2D eigenvalue weighted by Gasteiger charge is -2.17. The fraction of sp³-hybridized carbons (Fsp3) is 0.312. The maximum atomic E-state index is 12.7. The molecule has 140 valence electrons. The zero-order valence-corrected chi connectivity index (χ0v) is 17.1. The van der Waals surface area contributed by atoms with E-state index in [1.807, 2.05) is 6.92 Å². The zero-order valence-electron chi connectivity index (χ0n) is 14.7. The summed E-state index contributed by atoms with van der Waals surface area (Å²) in [6.45, 7) is 5.02. The summed E-state index contributed by atoms with van der Waals surface area (Å²) in [5.74, 6) is -0.751. The number of hydrogen-bond acceptors (Lipinski definition) is 7. The van der Waals surface area contributed by atoms with E-state index in [-0.39, 0.29) is 21.4 Å². The highest BCUT2D eigenvalue weighted by molar-refractivity contribution is 7.98. The van der Waals surface area contributed by atoms with E-state index in [4.69, 9.17) is 17.3 Å². The van der Waals surface area contributed by atoms with Gasteiger partial charge in [0.1, 0.15) is 16.5 Å². The highest BCUT2D eigenvalue weighted by Crippen LogP contribution is 2.31. The number of anilines is 2. The zero-order chi connectivity index (χ0) is 19.6. The van der Waals surface area contributed by atoms with Crippen LogP contribution in [-0.4, -0.2) is 35.8 Å². The number of aromatic nitrogens is 2. The molecule has 26 heavy (non-hydrogen) atoms. The van der Waals surface area contributed by atoms with Crippen LogP contribution in [-0.2, 0) is 9.84 Å². The van der Waals surface area contributed by atoms with Gasteiger partial charge in [-0.05, 0) is 44.7 Å². The van der Waals surface area contributed by atoms with Crippen molar-refractivity contribution >= 4 is 50.6 Å². The lowest BCUT2D eigenvalue weighted by molar-refractivity contribution is 0.100. The molecule has 0 spiro atoms. The van der Waals surface area contributed by atoms with Crippen LogP contribution in [0.2, 0.25) is 5.15 Å². The molecule has 0 radical (unpaired) electrons. The van der Waals surface area contributed by atoms with Gasteiger partial charge in [0, 0.05) is 0 Å². The van der Waals surface area contributed by atoms with Gasteiger partial charge in [0.2, 0.25) is 0 Å². The lowest BCUT2D eigenvalue weighted by Crippen LogP contribution is -2.18. The fourth-order valence-electron chi connectivity index (χ4n) is 2.19. The summed E-state index contributed by atoms with van der Waals surface area (Å²) in [6, 6.07) is 4.89. The van der Waals surface area contributed by atoms with Crippen LogP contribution >= 0.6 is 23.4 Å². The van der Waals surface area contributed by atoms with E-state index >= 15 is 0 Å². The Kier molecular flexibility index (Phi) is 6.15. The molecule has 0 saturated carbocycles. The largest absolute Gasteiger partial charge is 0.365 e. The predicted molar refractivity (Wildman–Crippen MR) is 104 cm³/mol. The first-order valence-corrected chi connectivity index (χ1v) is 10.8. The molecule has 7 nitrogen and oxygen atoms in total. The van der Waals surface area contributed by atoms with Crippen LogP contribution < -0.4 is 11.1 Å². The van der Waals surface area contributed by atoms with E-state index in [0.29, 0.717) is 10.8 Å². The molecule has 0 aliphatic carbocycles. The standard InChI is InChI=1S/C16H19ClN4O3S2/c1-8(2)26(23,24)11-6-5-9(3)7-10(11)19-15-12(14(18)22)13(17)20-16(21-15)25-4/h5-8H,1-4H3,(H2,18,22)(H,19,20,21). The number of rotatable bonds is 6. The summed E-state index contributed by atoms with van der Waals surface area (Å²) in [6.07, 6.45) is 1.75. The van der Waals surface area contributed by atoms with Crippen LogP contribution in [0.25, 0.3) is 0 Å². The number of benzene rings is 1. The molecule has 0 unspecified atom stereocenters. The van der Waals surface area contributed by atoms with Crippen LogP contribution in [0.5, 0.6) is 0 Å². The van der Waals surface area contributed by atoms with Crippen molar-refractivity contribution in [2.75, 3.05) is 11.6 Å². The Morgan fingerprint density at radius 1 is 1.31 bits per heavy atom. The summed E-state index contributed by atoms with van der Waals surface area (Å²) in [4.78, 5) is 20.1. The smallest absolute Gasteiger partial charge is 0.255 e. The van der Waals surface area contributed by atoms with Crippen LogP contribution in [0.4, 0.5) is 11.5 Å². The minimum Gasteiger partial charge on any atom is -0.365 e. The van der Waals surface area contributed by atoms with Gasteiger partial charge in [-0.1, -0.05) is 29.4 Å². The fourth-order valence-corrected chi connectivity index (χ4v) is 4.05. The molecule has 2 rings (SSSR count). The summed E-state index contributed by atoms with van der Waals surface area (Å²) >= 11 is 7.29. The van der Waals surface area contributed by atoms with Crippen molar-refractivity contribution in [2.45, 2.75) is 36.1 Å². The Morgan fingerprint density at radius 2 is 1.96 bits per heavy atom. The van der Waals surface area contributed by atoms with E-state index in [2.05, 4.69) is 15.3 Å². The molecule has 0 fully saturated rings. The first kappa shape index (κ1) is 20.5. The van der Waals surface area contributed by atoms with Gasteiger partial charge in [-0.25, -0.2) is 18.4 Å². The third kappa shape index (κ3) is 4.11. The summed E-state index contributed by atoms with van der Waals surface area (Å²) in [7, 11) is -3.56. The molecule has 0 atom stereocenters. The number of amides is 1. The third-order valence-corrected chi connectivity index (χ3v) is 6.62. The van der Waals surface area contributed by atoms with Crippen LogP contribution in [0.15, 0.2) is 28.3 Å². The van der Waals surface area contributed by atoms with Gasteiger partial charge in [-0.3, -0.25) is 4.79 Å². The minimum atomic E-state index is -3.56. The predicted octanol–water partition coefficient (Wildman–Crippen LogP) is 3.18. The Morgan fingerprint density at radius 3 is 2.50 bits per heavy atom. The molecule has 0 aliphatic rings. The average Bonchev–Trinajstić information content (AvgIpc) is 2.53. The van der Waals surface area contributed by atoms with Crippen molar-refractivity contribution in [3.63, 3.8) is 0 Å². The first-order valence-electron chi connectivity index (χ1n) is 7.60. The number of halogens is 1. The number of thioether (sulfide) groups is 1. The Bertz CT molecular complexity index is 962. The molecule has 1 amide bonds. The van der Waals surface area contributed by atoms with Crippen molar-refractivity contribution in [2.24, 2.45) is 5.73 Å². The van der Waals surface area contributed by atoms with Gasteiger partial charge in [-0.2, -0.15) is 0 Å². The van der Waals surface area contributed by atoms with E-state index < -0.39 is 21.0 Å². The number of primary amides is 1. The summed E-state index contributed by atoms with van der Waals surface area (Å²) < 4.78 is 25.3. The topological polar surface area (TPSA) is 115 Å². The quantitative estimate of drug-likeness (QED) is 0.423. The number of nitrogens with one attached hydrogen (secondary N) is 1. The molecule has 0 saturated heterocycles. The Hall–Kier alpha value is -1.84. The van der Waals surface area contributed by atoms with Gasteiger partial charge in [0.05, 0.1) is 15.8 Å². The average molecular weight is 415 g/mol. The lowest BCUT2D eigenvalue weighted by atomic mass is 10.2. The molecule has 0 bridgehead atoms. The highest BCUT2D eigenvalue weighted by atomic mass is 35.5. The van der Waals surface area contributed by atoms with Gasteiger partial charge in [0.15, 0.2) is 15.0 Å². The van der Waals surface area contributed by atoms with Crippen molar-refractivity contribution in [1.82, 2.24) is 9.97 Å². The van der Waals surface area contributed by atoms with Crippen molar-refractivity contribution in [3.8, 4) is 0 Å². The van der Waals surface area contributed by atoms with Crippen molar-refractivity contribution in [1.29, 1.82) is 0 Å². The number of nitrogens with zero attached hydrogens (tertiary/aromatic N) is 2. The number of carbonyl (C=O) groups is 1. The number of hydrogen-bond donors (Lipinski definition) is 2. The maximum absolute atomic E-state index is 12.7. The number of sulfone groups is 1. The number of aryl methyl sites for hydroxylation is 1. The van der Waals surface area contributed by atoms with Crippen molar-refractivity contribution in [3.05, 3.63) is 34.5 Å². The second-order valence-electron chi connectivity index (χ2n) is 5.81. The van der Waals surface area contributed by atoms with Crippen LogP contribution in [0, 0.1) is 6.92 Å². The van der Waals surface area contributed by atoms with Crippen LogP contribution in [0.1, 0.15) is 29.8 Å². The second kappa shape index (κ2) is 7.81. The maximum Gasteiger partial charge on any atom is 0.255 e. The first-order chi connectivity index (χ1) is 12.1. The van der Waals surface area contributed by atoms with E-state index in [1.165, 1.54) is 17.8 Å². The monoisotopic (exact) mass is 414 g/mol. The molecular weight excluding hydrogens is 396 g/mol. The van der Waals surface area contributed by atoms with Gasteiger partial charge in [0.25, 0.3) is 5.91 Å². The molecule has 1 heterocycles. The number of nitrogens with two attached hydrogens (primary N) is 1. The van der Waals surface area contributed by atoms with E-state index in [1.54, 1.807) is 32.2 Å². The Balaban J connectivity index is 2.68. The highest BCUT2D eigenvalue weighted by Gasteiger charge is 2.25. The molecule has 3 N–H and O–H groups in total. The normalized spacial score (nSPS) is 11.6. The summed E-state index contributed by atoms with van der Waals surface area (Å²) in [5.41, 5.74) is 6.42. The van der Waals surface area contributed by atoms with E-state index in [9.17, 15) is 13.2 Å². The van der Waals surface area contributed by atoms with E-state index in [0.717, 1.165) is 5.56 Å². The SMILES string of the molecule is CSc1nc(Cl)c(C(N)=O)c(Nc2cc(C)ccc2S(=O)(=O)C(C)C)n1. The van der Waals surface area contributed by atoms with Crippen LogP contribution in [0.3, 0.4) is 0 Å². The molecule has 10 heteroatoms. The van der Waals surface area contributed by atoms with Crippen molar-refractivity contribution < 1.29 is 13.2 Å². The molecule has 1 aromatic carbocycles. The van der Waals surface area contributed by atoms with Gasteiger partial charge >= 0.3 is 0 Å². The van der Waals surface area contributed by atoms with Gasteiger partial charge < -0.3 is 11.1 Å². The molecular formula is C16H19ClN4O3S2. The van der Waals surface area contributed by atoms with Gasteiger partial charge in [-0.15, -0.1) is 0 Å². The molecule has 1 aromatic heterocycles. The molecule has 0 aliphatic heterocycles.